The van der Waals surface area contributed by atoms with Gasteiger partial charge in [0.1, 0.15) is 6.54 Å². The second kappa shape index (κ2) is 9.62. The minimum absolute atomic E-state index is 0.365. The van der Waals surface area contributed by atoms with E-state index in [1.165, 1.54) is 0 Å². The van der Waals surface area contributed by atoms with Crippen LogP contribution < -0.4 is 0 Å². The summed E-state index contributed by atoms with van der Waals surface area (Å²) in [5, 5.41) is 0. The third-order valence-corrected chi connectivity index (χ3v) is 9.30. The third kappa shape index (κ3) is 5.85. The molecule has 2 aliphatic rings. The first-order valence-corrected chi connectivity index (χ1v) is 11.3. The molecular formula is C14H23F3N3O5PS. The Morgan fingerprint density at radius 3 is 1.89 bits per heavy atom. The standard InChI is InChI=1S/C14H23F3N3O5PS/c1-23-12(21)10-18(13(22)14(15,16)17)11-26(27,19-2-6-24-7-3-19)20-4-8-25-9-5-20/h2-11H2,1H3. The van der Waals surface area contributed by atoms with Crippen molar-refractivity contribution >= 4 is 30.0 Å². The molecule has 156 valence electrons. The Labute approximate surface area is 160 Å². The van der Waals surface area contributed by atoms with Crippen LogP contribution in [0.4, 0.5) is 13.2 Å². The van der Waals surface area contributed by atoms with E-state index >= 15 is 0 Å². The zero-order chi connectivity index (χ0) is 20.1. The first-order valence-electron chi connectivity index (χ1n) is 8.37. The van der Waals surface area contributed by atoms with Crippen molar-refractivity contribution < 1.29 is 37.0 Å². The van der Waals surface area contributed by atoms with Crippen LogP contribution in [-0.4, -0.2) is 105 Å². The lowest BCUT2D eigenvalue weighted by Crippen LogP contribution is -2.50. The molecule has 0 aliphatic carbocycles. The largest absolute Gasteiger partial charge is 0.471 e. The molecule has 0 N–H and O–H groups in total. The van der Waals surface area contributed by atoms with E-state index in [0.717, 1.165) is 7.11 Å². The van der Waals surface area contributed by atoms with Crippen molar-refractivity contribution in [1.29, 1.82) is 0 Å². The third-order valence-electron chi connectivity index (χ3n) is 4.29. The number of halogens is 3. The quantitative estimate of drug-likeness (QED) is 0.443. The summed E-state index contributed by atoms with van der Waals surface area (Å²) in [7, 11) is 1.05. The first-order chi connectivity index (χ1) is 12.7. The Bertz CT molecular complexity index is 561. The van der Waals surface area contributed by atoms with Gasteiger partial charge in [-0.15, -0.1) is 0 Å². The lowest BCUT2D eigenvalue weighted by Gasteiger charge is -2.47. The maximum absolute atomic E-state index is 13.1. The number of ether oxygens (including phenoxy) is 3. The molecule has 27 heavy (non-hydrogen) atoms. The van der Waals surface area contributed by atoms with Crippen LogP contribution in [0.5, 0.6) is 0 Å². The van der Waals surface area contributed by atoms with E-state index in [2.05, 4.69) is 4.74 Å². The van der Waals surface area contributed by atoms with E-state index in [1.807, 2.05) is 9.34 Å². The van der Waals surface area contributed by atoms with Gasteiger partial charge in [-0.1, -0.05) is 11.8 Å². The molecule has 13 heteroatoms. The second-order valence-corrected chi connectivity index (χ2v) is 10.5. The zero-order valence-electron chi connectivity index (χ0n) is 14.9. The number of amides is 1. The molecule has 2 saturated heterocycles. The van der Waals surface area contributed by atoms with Gasteiger partial charge in [-0.25, -0.2) is 0 Å². The van der Waals surface area contributed by atoms with Crippen LogP contribution in [0, 0.1) is 0 Å². The Balaban J connectivity index is 2.31. The molecule has 8 nitrogen and oxygen atoms in total. The fraction of sp³-hybridized carbons (Fsp3) is 0.857. The molecule has 0 aromatic heterocycles. The van der Waals surface area contributed by atoms with Crippen LogP contribution in [0.25, 0.3) is 0 Å². The summed E-state index contributed by atoms with van der Waals surface area (Å²) in [6.45, 7) is 2.67. The molecule has 2 rings (SSSR count). The highest BCUT2D eigenvalue weighted by molar-refractivity contribution is 8.12. The van der Waals surface area contributed by atoms with Crippen LogP contribution in [0.2, 0.25) is 0 Å². The van der Waals surface area contributed by atoms with Gasteiger partial charge in [0, 0.05) is 26.2 Å². The van der Waals surface area contributed by atoms with Gasteiger partial charge in [0.2, 0.25) is 0 Å². The van der Waals surface area contributed by atoms with Gasteiger partial charge in [0.25, 0.3) is 0 Å². The molecule has 2 fully saturated rings. The van der Waals surface area contributed by atoms with Crippen molar-refractivity contribution in [3.8, 4) is 0 Å². The summed E-state index contributed by atoms with van der Waals surface area (Å²) >= 11 is 5.89. The highest BCUT2D eigenvalue weighted by Crippen LogP contribution is 2.54. The number of alkyl halides is 3. The average Bonchev–Trinajstić information content (AvgIpc) is 2.67. The van der Waals surface area contributed by atoms with Crippen LogP contribution in [0.3, 0.4) is 0 Å². The molecule has 0 bridgehead atoms. The summed E-state index contributed by atoms with van der Waals surface area (Å²) in [5.41, 5.74) is 0. The normalized spacial score (nSPS) is 20.3. The van der Waals surface area contributed by atoms with Crippen molar-refractivity contribution in [1.82, 2.24) is 14.2 Å². The van der Waals surface area contributed by atoms with Gasteiger partial charge in [0.05, 0.1) is 46.2 Å². The summed E-state index contributed by atoms with van der Waals surface area (Å²) < 4.78 is 58.2. The van der Waals surface area contributed by atoms with Crippen molar-refractivity contribution in [3.05, 3.63) is 0 Å². The number of carbonyl (C=O) groups is 2. The molecular weight excluding hydrogens is 410 g/mol. The number of methoxy groups -OCH3 is 1. The van der Waals surface area contributed by atoms with E-state index in [9.17, 15) is 22.8 Å². The van der Waals surface area contributed by atoms with Crippen molar-refractivity contribution in [2.75, 3.05) is 72.5 Å². The van der Waals surface area contributed by atoms with Crippen molar-refractivity contribution in [3.63, 3.8) is 0 Å². The summed E-state index contributed by atoms with van der Waals surface area (Å²) in [6, 6.07) is 0. The van der Waals surface area contributed by atoms with E-state index in [4.69, 9.17) is 21.3 Å². The van der Waals surface area contributed by atoms with Gasteiger partial charge in [0.15, 0.2) is 0 Å². The van der Waals surface area contributed by atoms with Gasteiger partial charge in [-0.05, 0) is 0 Å². The second-order valence-electron chi connectivity index (χ2n) is 6.02. The molecule has 0 unspecified atom stereocenters. The number of rotatable bonds is 6. The number of carbonyl (C=O) groups excluding carboxylic acids is 2. The number of hydrogen-bond acceptors (Lipinski definition) is 6. The fourth-order valence-corrected chi connectivity index (χ4v) is 7.26. The molecule has 0 atom stereocenters. The zero-order valence-corrected chi connectivity index (χ0v) is 16.7. The lowest BCUT2D eigenvalue weighted by atomic mass is 10.5. The summed E-state index contributed by atoms with van der Waals surface area (Å²) in [5.74, 6) is -3.03. The van der Waals surface area contributed by atoms with Crippen LogP contribution in [-0.2, 0) is 35.6 Å². The Kier molecular flexibility index (Phi) is 8.02. The molecule has 1 amide bonds. The maximum atomic E-state index is 13.1. The average molecular weight is 433 g/mol. The van der Waals surface area contributed by atoms with Crippen LogP contribution >= 0.6 is 6.34 Å². The predicted octanol–water partition coefficient (Wildman–Crippen LogP) is 0.482. The monoisotopic (exact) mass is 433 g/mol. The number of hydrogen-bond donors (Lipinski definition) is 0. The molecule has 0 aromatic rings. The SMILES string of the molecule is COC(=O)CN(CP(=S)(N1CCOCC1)N1CCOCC1)C(=O)C(F)(F)F. The predicted molar refractivity (Wildman–Crippen MR) is 93.7 cm³/mol. The summed E-state index contributed by atoms with van der Waals surface area (Å²) in [4.78, 5) is 24.0. The topological polar surface area (TPSA) is 71.6 Å². The van der Waals surface area contributed by atoms with Gasteiger partial charge < -0.3 is 19.1 Å². The van der Waals surface area contributed by atoms with E-state index < -0.39 is 30.9 Å². The van der Waals surface area contributed by atoms with Crippen LogP contribution in [0.15, 0.2) is 0 Å². The van der Waals surface area contributed by atoms with Gasteiger partial charge in [-0.3, -0.25) is 18.9 Å². The minimum Gasteiger partial charge on any atom is -0.468 e. The molecule has 0 saturated carbocycles. The van der Waals surface area contributed by atoms with E-state index in [-0.39, 0.29) is 6.29 Å². The fourth-order valence-electron chi connectivity index (χ4n) is 2.90. The molecule has 0 spiro atoms. The lowest BCUT2D eigenvalue weighted by molar-refractivity contribution is -0.185. The van der Waals surface area contributed by atoms with Crippen LogP contribution in [0.1, 0.15) is 0 Å². The van der Waals surface area contributed by atoms with Gasteiger partial charge in [-0.2, -0.15) is 13.2 Å². The number of nitrogens with zero attached hydrogens (tertiary/aromatic N) is 3. The van der Waals surface area contributed by atoms with Crippen molar-refractivity contribution in [2.24, 2.45) is 0 Å². The molecule has 0 aromatic carbocycles. The van der Waals surface area contributed by atoms with E-state index in [1.54, 1.807) is 0 Å². The summed E-state index contributed by atoms with van der Waals surface area (Å²) in [6.07, 6.45) is -8.25. The van der Waals surface area contributed by atoms with Gasteiger partial charge >= 0.3 is 18.1 Å². The Hall–Kier alpha value is -0.780. The number of esters is 1. The number of morpholine rings is 2. The highest BCUT2D eigenvalue weighted by atomic mass is 32.4. The van der Waals surface area contributed by atoms with E-state index in [0.29, 0.717) is 57.5 Å². The maximum Gasteiger partial charge on any atom is 0.471 e. The molecule has 2 aliphatic heterocycles. The Morgan fingerprint density at radius 1 is 1.07 bits per heavy atom. The first kappa shape index (κ1) is 22.5. The van der Waals surface area contributed by atoms with Crippen molar-refractivity contribution in [2.45, 2.75) is 6.18 Å². The minimum atomic E-state index is -5.11. The smallest absolute Gasteiger partial charge is 0.468 e. The molecule has 2 heterocycles. The molecule has 0 radical (unpaired) electrons. The Morgan fingerprint density at radius 2 is 1.52 bits per heavy atom. The highest BCUT2D eigenvalue weighted by Gasteiger charge is 2.46.